The summed E-state index contributed by atoms with van der Waals surface area (Å²) in [4.78, 5) is 21.8. The van der Waals surface area contributed by atoms with Crippen LogP contribution >= 0.6 is 11.6 Å². The first-order chi connectivity index (χ1) is 9.77. The van der Waals surface area contributed by atoms with Gasteiger partial charge in [0.05, 0.1) is 15.5 Å². The second-order valence-corrected chi connectivity index (χ2v) is 6.22. The Morgan fingerprint density at radius 3 is 2.52 bits per heavy atom. The predicted octanol–water partition coefficient (Wildman–Crippen LogP) is 0.843. The molecule has 0 radical (unpaired) electrons. The second kappa shape index (κ2) is 7.39. The fourth-order valence-corrected chi connectivity index (χ4v) is 2.89. The number of rotatable bonds is 7. The van der Waals surface area contributed by atoms with E-state index in [1.54, 1.807) is 6.92 Å². The van der Waals surface area contributed by atoms with Crippen LogP contribution in [0.1, 0.15) is 23.7 Å². The van der Waals surface area contributed by atoms with Gasteiger partial charge in [-0.15, -0.1) is 0 Å². The molecule has 7 nitrogen and oxygen atoms in total. The van der Waals surface area contributed by atoms with E-state index in [2.05, 4.69) is 10.0 Å². The minimum absolute atomic E-state index is 0.00795. The van der Waals surface area contributed by atoms with Gasteiger partial charge in [0.2, 0.25) is 15.9 Å². The van der Waals surface area contributed by atoms with Crippen molar-refractivity contribution in [2.45, 2.75) is 18.2 Å². The third kappa shape index (κ3) is 5.00. The van der Waals surface area contributed by atoms with E-state index >= 15 is 0 Å². The maximum atomic E-state index is 12.0. The minimum Gasteiger partial charge on any atom is -0.478 e. The molecule has 0 aliphatic rings. The van der Waals surface area contributed by atoms with Gasteiger partial charge in [-0.25, -0.2) is 17.9 Å². The van der Waals surface area contributed by atoms with Crippen LogP contribution in [0.3, 0.4) is 0 Å². The van der Waals surface area contributed by atoms with E-state index in [4.69, 9.17) is 16.7 Å². The Labute approximate surface area is 127 Å². The van der Waals surface area contributed by atoms with Gasteiger partial charge in [-0.1, -0.05) is 11.6 Å². The summed E-state index contributed by atoms with van der Waals surface area (Å²) in [6.45, 7) is 2.17. The van der Waals surface area contributed by atoms with Crippen LogP contribution in [0.25, 0.3) is 0 Å². The number of benzene rings is 1. The third-order valence-corrected chi connectivity index (χ3v) is 4.27. The summed E-state index contributed by atoms with van der Waals surface area (Å²) in [5, 5.41) is 11.2. The van der Waals surface area contributed by atoms with E-state index in [-0.39, 0.29) is 34.4 Å². The molecule has 0 saturated heterocycles. The maximum Gasteiger partial charge on any atom is 0.337 e. The molecule has 3 N–H and O–H groups in total. The fourth-order valence-electron chi connectivity index (χ4n) is 1.50. The Morgan fingerprint density at radius 2 is 2.00 bits per heavy atom. The highest BCUT2D eigenvalue weighted by Crippen LogP contribution is 2.20. The van der Waals surface area contributed by atoms with Crippen molar-refractivity contribution in [2.24, 2.45) is 0 Å². The van der Waals surface area contributed by atoms with Crippen molar-refractivity contribution in [1.29, 1.82) is 0 Å². The lowest BCUT2D eigenvalue weighted by molar-refractivity contribution is -0.120. The Balaban J connectivity index is 2.77. The SMILES string of the molecule is CCNC(=O)CCNS(=O)(=O)c1ccc(C(=O)O)c(Cl)c1. The fraction of sp³-hybridized carbons (Fsp3) is 0.333. The molecule has 0 fully saturated rings. The maximum absolute atomic E-state index is 12.0. The first-order valence-electron chi connectivity index (χ1n) is 6.07. The van der Waals surface area contributed by atoms with Crippen LogP contribution in [0.15, 0.2) is 23.1 Å². The Kier molecular flexibility index (Phi) is 6.13. The summed E-state index contributed by atoms with van der Waals surface area (Å²) in [5.41, 5.74) is -0.182. The Hall–Kier alpha value is -1.64. The number of hydrogen-bond donors (Lipinski definition) is 3. The summed E-state index contributed by atoms with van der Waals surface area (Å²) >= 11 is 5.72. The monoisotopic (exact) mass is 334 g/mol. The number of aromatic carboxylic acids is 1. The zero-order valence-electron chi connectivity index (χ0n) is 11.2. The average molecular weight is 335 g/mol. The third-order valence-electron chi connectivity index (χ3n) is 2.50. The van der Waals surface area contributed by atoms with Crippen LogP contribution in [0, 0.1) is 0 Å². The first kappa shape index (κ1) is 17.4. The topological polar surface area (TPSA) is 113 Å². The van der Waals surface area contributed by atoms with Crippen LogP contribution in [0.4, 0.5) is 0 Å². The summed E-state index contributed by atoms with van der Waals surface area (Å²) in [6.07, 6.45) is 0.00795. The molecule has 0 spiro atoms. The molecule has 0 bridgehead atoms. The standard InChI is InChI=1S/C12H15ClN2O5S/c1-2-14-11(16)5-6-15-21(19,20)8-3-4-9(12(17)18)10(13)7-8/h3-4,7,15H,2,5-6H2,1H3,(H,14,16)(H,17,18). The zero-order valence-corrected chi connectivity index (χ0v) is 12.8. The molecule has 0 saturated carbocycles. The minimum atomic E-state index is -3.84. The van der Waals surface area contributed by atoms with Gasteiger partial charge in [-0.3, -0.25) is 4.79 Å². The summed E-state index contributed by atoms with van der Waals surface area (Å²) in [6, 6.07) is 3.31. The van der Waals surface area contributed by atoms with Gasteiger partial charge in [-0.2, -0.15) is 0 Å². The lowest BCUT2D eigenvalue weighted by atomic mass is 10.2. The largest absolute Gasteiger partial charge is 0.478 e. The molecule has 0 unspecified atom stereocenters. The number of carbonyl (C=O) groups is 2. The van der Waals surface area contributed by atoms with Gasteiger partial charge in [0.1, 0.15) is 0 Å². The van der Waals surface area contributed by atoms with Crippen molar-refractivity contribution >= 4 is 33.5 Å². The molecule has 0 aliphatic heterocycles. The molecular weight excluding hydrogens is 320 g/mol. The molecule has 116 valence electrons. The molecule has 1 aromatic carbocycles. The highest BCUT2D eigenvalue weighted by molar-refractivity contribution is 7.89. The number of hydrogen-bond acceptors (Lipinski definition) is 4. The van der Waals surface area contributed by atoms with E-state index < -0.39 is 16.0 Å². The number of halogens is 1. The van der Waals surface area contributed by atoms with Crippen LogP contribution in [0.5, 0.6) is 0 Å². The molecule has 0 heterocycles. The van der Waals surface area contributed by atoms with E-state index in [1.807, 2.05) is 0 Å². The van der Waals surface area contributed by atoms with E-state index in [9.17, 15) is 18.0 Å². The van der Waals surface area contributed by atoms with E-state index in [1.165, 1.54) is 0 Å². The second-order valence-electron chi connectivity index (χ2n) is 4.05. The smallest absolute Gasteiger partial charge is 0.337 e. The average Bonchev–Trinajstić information content (AvgIpc) is 2.38. The Bertz CT molecular complexity index is 645. The van der Waals surface area contributed by atoms with E-state index in [0.29, 0.717) is 6.54 Å². The quantitative estimate of drug-likeness (QED) is 0.684. The van der Waals surface area contributed by atoms with Crippen molar-refractivity contribution in [3.05, 3.63) is 28.8 Å². The molecule has 0 aliphatic carbocycles. The number of carbonyl (C=O) groups excluding carboxylic acids is 1. The molecule has 1 rings (SSSR count). The molecule has 9 heteroatoms. The highest BCUT2D eigenvalue weighted by Gasteiger charge is 2.17. The lowest BCUT2D eigenvalue weighted by Gasteiger charge is -2.08. The predicted molar refractivity (Wildman–Crippen MR) is 76.9 cm³/mol. The molecule has 1 aromatic rings. The van der Waals surface area contributed by atoms with Crippen molar-refractivity contribution in [3.8, 4) is 0 Å². The van der Waals surface area contributed by atoms with Gasteiger partial charge in [0.25, 0.3) is 0 Å². The van der Waals surface area contributed by atoms with Crippen molar-refractivity contribution in [1.82, 2.24) is 10.0 Å². The molecule has 0 aromatic heterocycles. The van der Waals surface area contributed by atoms with Gasteiger partial charge < -0.3 is 10.4 Å². The molecule has 21 heavy (non-hydrogen) atoms. The van der Waals surface area contributed by atoms with Crippen LogP contribution in [-0.4, -0.2) is 38.5 Å². The number of carboxylic acid groups (broad SMARTS) is 1. The lowest BCUT2D eigenvalue weighted by Crippen LogP contribution is -2.30. The summed E-state index contributed by atoms with van der Waals surface area (Å²) < 4.78 is 26.2. The van der Waals surface area contributed by atoms with Crippen molar-refractivity contribution in [2.75, 3.05) is 13.1 Å². The van der Waals surface area contributed by atoms with Crippen molar-refractivity contribution < 1.29 is 23.1 Å². The van der Waals surface area contributed by atoms with Gasteiger partial charge >= 0.3 is 5.97 Å². The summed E-state index contributed by atoms with van der Waals surface area (Å²) in [7, 11) is -3.84. The zero-order chi connectivity index (χ0) is 16.0. The summed E-state index contributed by atoms with van der Waals surface area (Å²) in [5.74, 6) is -1.51. The molecule has 0 atom stereocenters. The van der Waals surface area contributed by atoms with E-state index in [0.717, 1.165) is 18.2 Å². The molecule has 1 amide bonds. The number of sulfonamides is 1. The highest BCUT2D eigenvalue weighted by atomic mass is 35.5. The normalized spacial score (nSPS) is 11.1. The van der Waals surface area contributed by atoms with Crippen LogP contribution in [-0.2, 0) is 14.8 Å². The first-order valence-corrected chi connectivity index (χ1v) is 7.93. The molecular formula is C12H15ClN2O5S. The van der Waals surface area contributed by atoms with Crippen LogP contribution < -0.4 is 10.0 Å². The number of carboxylic acids is 1. The number of nitrogens with one attached hydrogen (secondary N) is 2. The van der Waals surface area contributed by atoms with Gasteiger partial charge in [0, 0.05) is 19.5 Å². The van der Waals surface area contributed by atoms with Gasteiger partial charge in [0.15, 0.2) is 0 Å². The Morgan fingerprint density at radius 1 is 1.33 bits per heavy atom. The van der Waals surface area contributed by atoms with Gasteiger partial charge in [-0.05, 0) is 25.1 Å². The van der Waals surface area contributed by atoms with Crippen molar-refractivity contribution in [3.63, 3.8) is 0 Å². The number of amides is 1. The van der Waals surface area contributed by atoms with Crippen LogP contribution in [0.2, 0.25) is 5.02 Å².